The van der Waals surface area contributed by atoms with Gasteiger partial charge in [0.2, 0.25) is 0 Å². The van der Waals surface area contributed by atoms with E-state index in [2.05, 4.69) is 4.98 Å². The van der Waals surface area contributed by atoms with Crippen molar-refractivity contribution in [2.75, 3.05) is 0 Å². The van der Waals surface area contributed by atoms with E-state index < -0.39 is 12.1 Å². The highest BCUT2D eigenvalue weighted by Gasteiger charge is 2.19. The maximum Gasteiger partial charge on any atom is 0.281 e. The number of aromatic nitrogens is 1. The summed E-state index contributed by atoms with van der Waals surface area (Å²) in [4.78, 5) is 14.1. The number of halogens is 2. The van der Waals surface area contributed by atoms with E-state index in [9.17, 15) is 13.6 Å². The van der Waals surface area contributed by atoms with Crippen molar-refractivity contribution in [1.82, 2.24) is 4.98 Å². The minimum Gasteiger partial charge on any atom is -0.325 e. The molecule has 78 valence electrons. The number of nitriles is 1. The molecule has 1 aromatic rings. The van der Waals surface area contributed by atoms with Crippen LogP contribution in [0.4, 0.5) is 8.78 Å². The highest BCUT2D eigenvalue weighted by molar-refractivity contribution is 5.80. The van der Waals surface area contributed by atoms with Crippen molar-refractivity contribution in [2.45, 2.75) is 13.0 Å². The lowest BCUT2D eigenvalue weighted by Gasteiger charge is -2.06. The van der Waals surface area contributed by atoms with Crippen LogP contribution in [0, 0.1) is 11.3 Å². The number of carbonyl (C=O) groups excluding carboxylic acids is 1. The maximum atomic E-state index is 12.5. The largest absolute Gasteiger partial charge is 0.325 e. The molecule has 0 radical (unpaired) electrons. The predicted octanol–water partition coefficient (Wildman–Crippen LogP) is 1.16. The fourth-order valence-corrected chi connectivity index (χ4v) is 1.12. The van der Waals surface area contributed by atoms with Gasteiger partial charge in [0.1, 0.15) is 11.8 Å². The van der Waals surface area contributed by atoms with Crippen molar-refractivity contribution >= 4 is 6.29 Å². The molecule has 0 spiro atoms. The number of alkyl halides is 2. The molecule has 1 aromatic heterocycles. The average Bonchev–Trinajstić information content (AvgIpc) is 2.26. The first-order chi connectivity index (χ1) is 7.13. The summed E-state index contributed by atoms with van der Waals surface area (Å²) in [5.74, 6) is 0. The van der Waals surface area contributed by atoms with Crippen LogP contribution in [0.2, 0.25) is 0 Å². The SMILES string of the molecule is N#Cc1cc(CN)nc(C(F)F)c1C=O. The zero-order chi connectivity index (χ0) is 11.4. The first kappa shape index (κ1) is 11.2. The Morgan fingerprint density at radius 3 is 2.73 bits per heavy atom. The van der Waals surface area contributed by atoms with Crippen molar-refractivity contribution in [1.29, 1.82) is 5.26 Å². The van der Waals surface area contributed by atoms with Crippen LogP contribution in [0.25, 0.3) is 0 Å². The molecular formula is C9H7F2N3O. The second-order valence-corrected chi connectivity index (χ2v) is 2.69. The van der Waals surface area contributed by atoms with Crippen molar-refractivity contribution in [3.05, 3.63) is 28.6 Å². The van der Waals surface area contributed by atoms with E-state index in [0.717, 1.165) is 0 Å². The van der Waals surface area contributed by atoms with Gasteiger partial charge in [-0.05, 0) is 6.07 Å². The van der Waals surface area contributed by atoms with Gasteiger partial charge < -0.3 is 5.73 Å². The number of nitrogens with two attached hydrogens (primary N) is 1. The topological polar surface area (TPSA) is 79.8 Å². The molecule has 0 bridgehead atoms. The maximum absolute atomic E-state index is 12.5. The Labute approximate surface area is 84.3 Å². The molecule has 0 aliphatic heterocycles. The van der Waals surface area contributed by atoms with Crippen LogP contribution in [0.1, 0.15) is 33.7 Å². The average molecular weight is 211 g/mol. The van der Waals surface area contributed by atoms with Gasteiger partial charge in [-0.1, -0.05) is 0 Å². The van der Waals surface area contributed by atoms with Crippen LogP contribution in [-0.4, -0.2) is 11.3 Å². The van der Waals surface area contributed by atoms with Crippen molar-refractivity contribution in [2.24, 2.45) is 5.73 Å². The van der Waals surface area contributed by atoms with Crippen molar-refractivity contribution in [3.8, 4) is 6.07 Å². The lowest BCUT2D eigenvalue weighted by atomic mass is 10.1. The second kappa shape index (κ2) is 4.57. The number of carbonyl (C=O) groups is 1. The first-order valence-corrected chi connectivity index (χ1v) is 4.01. The molecule has 0 saturated heterocycles. The quantitative estimate of drug-likeness (QED) is 0.761. The molecule has 0 unspecified atom stereocenters. The third-order valence-corrected chi connectivity index (χ3v) is 1.80. The Bertz CT molecular complexity index is 426. The van der Waals surface area contributed by atoms with Crippen molar-refractivity contribution < 1.29 is 13.6 Å². The molecule has 2 N–H and O–H groups in total. The van der Waals surface area contributed by atoms with E-state index in [-0.39, 0.29) is 29.7 Å². The number of hydrogen-bond acceptors (Lipinski definition) is 4. The van der Waals surface area contributed by atoms with Crippen LogP contribution in [0.3, 0.4) is 0 Å². The van der Waals surface area contributed by atoms with Gasteiger partial charge in [-0.3, -0.25) is 4.79 Å². The number of hydrogen-bond donors (Lipinski definition) is 1. The van der Waals surface area contributed by atoms with Crippen LogP contribution < -0.4 is 5.73 Å². The third kappa shape index (κ3) is 2.14. The molecular weight excluding hydrogens is 204 g/mol. The van der Waals surface area contributed by atoms with Crippen LogP contribution >= 0.6 is 0 Å². The highest BCUT2D eigenvalue weighted by Crippen LogP contribution is 2.22. The summed E-state index contributed by atoms with van der Waals surface area (Å²) in [6.07, 6.45) is -2.70. The molecule has 4 nitrogen and oxygen atoms in total. The lowest BCUT2D eigenvalue weighted by Crippen LogP contribution is -2.08. The Morgan fingerprint density at radius 2 is 2.33 bits per heavy atom. The van der Waals surface area contributed by atoms with Gasteiger partial charge in [-0.15, -0.1) is 0 Å². The Hall–Kier alpha value is -1.87. The number of nitrogens with zero attached hydrogens (tertiary/aromatic N) is 2. The van der Waals surface area contributed by atoms with Gasteiger partial charge in [0.25, 0.3) is 6.43 Å². The molecule has 0 aromatic carbocycles. The van der Waals surface area contributed by atoms with Crippen LogP contribution in [0.15, 0.2) is 6.07 Å². The molecule has 0 aliphatic rings. The summed E-state index contributed by atoms with van der Waals surface area (Å²) >= 11 is 0. The molecule has 0 saturated carbocycles. The van der Waals surface area contributed by atoms with Crippen LogP contribution in [0.5, 0.6) is 0 Å². The minimum absolute atomic E-state index is 0.0620. The fraction of sp³-hybridized carbons (Fsp3) is 0.222. The second-order valence-electron chi connectivity index (χ2n) is 2.69. The molecule has 0 atom stereocenters. The Morgan fingerprint density at radius 1 is 1.67 bits per heavy atom. The highest BCUT2D eigenvalue weighted by atomic mass is 19.3. The summed E-state index contributed by atoms with van der Waals surface area (Å²) < 4.78 is 25.0. The molecule has 0 amide bonds. The van der Waals surface area contributed by atoms with E-state index in [1.54, 1.807) is 6.07 Å². The van der Waals surface area contributed by atoms with Gasteiger partial charge in [0.15, 0.2) is 6.29 Å². The molecule has 6 heteroatoms. The van der Waals surface area contributed by atoms with Crippen LogP contribution in [-0.2, 0) is 6.54 Å². The smallest absolute Gasteiger partial charge is 0.281 e. The Kier molecular flexibility index (Phi) is 3.42. The Balaban J connectivity index is 3.47. The van der Waals surface area contributed by atoms with Gasteiger partial charge in [-0.2, -0.15) is 5.26 Å². The molecule has 0 aliphatic carbocycles. The van der Waals surface area contributed by atoms with Gasteiger partial charge in [-0.25, -0.2) is 13.8 Å². The first-order valence-electron chi connectivity index (χ1n) is 4.01. The predicted molar refractivity (Wildman–Crippen MR) is 47.2 cm³/mol. The van der Waals surface area contributed by atoms with E-state index in [0.29, 0.717) is 0 Å². The monoisotopic (exact) mass is 211 g/mol. The number of rotatable bonds is 3. The zero-order valence-corrected chi connectivity index (χ0v) is 7.58. The fourth-order valence-electron chi connectivity index (χ4n) is 1.12. The third-order valence-electron chi connectivity index (χ3n) is 1.80. The van der Waals surface area contributed by atoms with E-state index >= 15 is 0 Å². The zero-order valence-electron chi connectivity index (χ0n) is 7.58. The minimum atomic E-state index is -2.90. The number of pyridine rings is 1. The van der Waals surface area contributed by atoms with E-state index in [4.69, 9.17) is 11.0 Å². The molecule has 1 heterocycles. The van der Waals surface area contributed by atoms with E-state index in [1.165, 1.54) is 6.07 Å². The summed E-state index contributed by atoms with van der Waals surface area (Å²) in [5, 5.41) is 8.65. The summed E-state index contributed by atoms with van der Waals surface area (Å²) in [7, 11) is 0. The summed E-state index contributed by atoms with van der Waals surface area (Å²) in [6, 6.07) is 2.89. The summed E-state index contributed by atoms with van der Waals surface area (Å²) in [6.45, 7) is -0.0620. The molecule has 0 fully saturated rings. The molecule has 15 heavy (non-hydrogen) atoms. The lowest BCUT2D eigenvalue weighted by molar-refractivity contribution is 0.110. The van der Waals surface area contributed by atoms with Crippen molar-refractivity contribution in [3.63, 3.8) is 0 Å². The van der Waals surface area contributed by atoms with Gasteiger partial charge in [0.05, 0.1) is 16.8 Å². The number of aldehydes is 1. The normalized spacial score (nSPS) is 10.1. The van der Waals surface area contributed by atoms with E-state index in [1.807, 2.05) is 0 Å². The molecule has 1 rings (SSSR count). The standard InChI is InChI=1S/C9H7F2N3O/c10-9(11)8-7(4-15)5(2-12)1-6(3-13)14-8/h1,4,9H,3,13H2. The van der Waals surface area contributed by atoms with Gasteiger partial charge >= 0.3 is 0 Å². The van der Waals surface area contributed by atoms with Gasteiger partial charge in [0, 0.05) is 6.54 Å². The summed E-state index contributed by atoms with van der Waals surface area (Å²) in [5.41, 5.74) is 4.20.